The summed E-state index contributed by atoms with van der Waals surface area (Å²) in [6, 6.07) is 8.39. The van der Waals surface area contributed by atoms with Crippen molar-refractivity contribution in [3.63, 3.8) is 0 Å². The molecule has 0 spiro atoms. The number of ether oxygens (including phenoxy) is 1. The van der Waals surface area contributed by atoms with Gasteiger partial charge in [-0.1, -0.05) is 6.07 Å². The van der Waals surface area contributed by atoms with Crippen LogP contribution in [0, 0.1) is 17.1 Å². The lowest BCUT2D eigenvalue weighted by molar-refractivity contribution is 0.201. The van der Waals surface area contributed by atoms with Gasteiger partial charge in [0.05, 0.1) is 6.07 Å². The van der Waals surface area contributed by atoms with Gasteiger partial charge in [0.15, 0.2) is 0 Å². The van der Waals surface area contributed by atoms with Crippen LogP contribution < -0.4 is 10.1 Å². The Morgan fingerprint density at radius 3 is 3.00 bits per heavy atom. The minimum absolute atomic E-state index is 0.0242. The standard InChI is InChI=1S/C13H15FN2O/c1-16-13(9-15)6-5-12(8-13)17-11-4-2-3-10(14)7-11/h2-4,7,12,16H,5-6,8H2,1H3. The lowest BCUT2D eigenvalue weighted by Gasteiger charge is -2.20. The Morgan fingerprint density at radius 2 is 2.41 bits per heavy atom. The van der Waals surface area contributed by atoms with Crippen LogP contribution in [0.1, 0.15) is 19.3 Å². The zero-order chi connectivity index (χ0) is 12.3. The maximum Gasteiger partial charge on any atom is 0.126 e. The molecule has 3 nitrogen and oxygen atoms in total. The van der Waals surface area contributed by atoms with Gasteiger partial charge in [-0.15, -0.1) is 0 Å². The Bertz CT molecular complexity index is 443. The van der Waals surface area contributed by atoms with Gasteiger partial charge in [0, 0.05) is 12.5 Å². The van der Waals surface area contributed by atoms with Crippen LogP contribution in [-0.2, 0) is 0 Å². The molecule has 0 saturated heterocycles. The first-order valence-electron chi connectivity index (χ1n) is 5.70. The number of halogens is 1. The Kier molecular flexibility index (Phi) is 3.30. The van der Waals surface area contributed by atoms with Gasteiger partial charge < -0.3 is 10.1 Å². The van der Waals surface area contributed by atoms with Crippen LogP contribution in [0.3, 0.4) is 0 Å². The lowest BCUT2D eigenvalue weighted by Crippen LogP contribution is -2.39. The number of benzene rings is 1. The third kappa shape index (κ3) is 2.56. The third-order valence-electron chi connectivity index (χ3n) is 3.26. The van der Waals surface area contributed by atoms with Crippen LogP contribution in [0.25, 0.3) is 0 Å². The number of rotatable bonds is 3. The highest BCUT2D eigenvalue weighted by Gasteiger charge is 2.39. The van der Waals surface area contributed by atoms with Crippen molar-refractivity contribution in [3.05, 3.63) is 30.1 Å². The molecule has 2 atom stereocenters. The van der Waals surface area contributed by atoms with Gasteiger partial charge in [0.2, 0.25) is 0 Å². The molecule has 1 aliphatic rings. The number of nitrogens with zero attached hydrogens (tertiary/aromatic N) is 1. The molecule has 0 aliphatic heterocycles. The van der Waals surface area contributed by atoms with E-state index in [9.17, 15) is 4.39 Å². The smallest absolute Gasteiger partial charge is 0.126 e. The Morgan fingerprint density at radius 1 is 1.59 bits per heavy atom. The van der Waals surface area contributed by atoms with E-state index in [1.54, 1.807) is 19.2 Å². The molecular formula is C13H15FN2O. The first kappa shape index (κ1) is 11.9. The first-order chi connectivity index (χ1) is 8.17. The highest BCUT2D eigenvalue weighted by Crippen LogP contribution is 2.32. The molecule has 4 heteroatoms. The second-order valence-corrected chi connectivity index (χ2v) is 4.38. The number of hydrogen-bond donors (Lipinski definition) is 1. The molecule has 0 bridgehead atoms. The van der Waals surface area contributed by atoms with E-state index in [-0.39, 0.29) is 11.9 Å². The fourth-order valence-corrected chi connectivity index (χ4v) is 2.22. The lowest BCUT2D eigenvalue weighted by atomic mass is 10.0. The molecule has 2 unspecified atom stereocenters. The summed E-state index contributed by atoms with van der Waals surface area (Å²) in [6.07, 6.45) is 2.19. The summed E-state index contributed by atoms with van der Waals surface area (Å²) in [4.78, 5) is 0. The summed E-state index contributed by atoms with van der Waals surface area (Å²) >= 11 is 0. The van der Waals surface area contributed by atoms with E-state index in [1.807, 2.05) is 0 Å². The number of nitriles is 1. The molecule has 1 aliphatic carbocycles. The number of nitrogens with one attached hydrogen (secondary N) is 1. The van der Waals surface area contributed by atoms with Crippen molar-refractivity contribution in [2.75, 3.05) is 7.05 Å². The molecular weight excluding hydrogens is 219 g/mol. The van der Waals surface area contributed by atoms with Crippen molar-refractivity contribution in [1.29, 1.82) is 5.26 Å². The third-order valence-corrected chi connectivity index (χ3v) is 3.26. The van der Waals surface area contributed by atoms with Crippen LogP contribution >= 0.6 is 0 Å². The van der Waals surface area contributed by atoms with Gasteiger partial charge >= 0.3 is 0 Å². The number of hydrogen-bond acceptors (Lipinski definition) is 3. The Labute approximate surface area is 100 Å². The molecule has 17 heavy (non-hydrogen) atoms. The van der Waals surface area contributed by atoms with Crippen LogP contribution in [0.5, 0.6) is 5.75 Å². The highest BCUT2D eigenvalue weighted by molar-refractivity contribution is 5.23. The minimum Gasteiger partial charge on any atom is -0.490 e. The summed E-state index contributed by atoms with van der Waals surface area (Å²) < 4.78 is 18.7. The molecule has 0 heterocycles. The summed E-state index contributed by atoms with van der Waals surface area (Å²) in [5.74, 6) is 0.223. The minimum atomic E-state index is -0.488. The Balaban J connectivity index is 2.01. The molecule has 1 saturated carbocycles. The fraction of sp³-hybridized carbons (Fsp3) is 0.462. The SMILES string of the molecule is CNC1(C#N)CCC(Oc2cccc(F)c2)C1. The molecule has 0 radical (unpaired) electrons. The largest absolute Gasteiger partial charge is 0.490 e. The van der Waals surface area contributed by atoms with Gasteiger partial charge in [-0.2, -0.15) is 5.26 Å². The van der Waals surface area contributed by atoms with Crippen LogP contribution in [0.4, 0.5) is 4.39 Å². The van der Waals surface area contributed by atoms with E-state index in [0.29, 0.717) is 12.2 Å². The van der Waals surface area contributed by atoms with Gasteiger partial charge in [-0.25, -0.2) is 4.39 Å². The Hall–Kier alpha value is -1.60. The normalized spacial score (nSPS) is 27.7. The monoisotopic (exact) mass is 234 g/mol. The fourth-order valence-electron chi connectivity index (χ4n) is 2.22. The van der Waals surface area contributed by atoms with Crippen molar-refractivity contribution < 1.29 is 9.13 Å². The summed E-state index contributed by atoms with van der Waals surface area (Å²) in [6.45, 7) is 0. The molecule has 90 valence electrons. The second-order valence-electron chi connectivity index (χ2n) is 4.38. The molecule has 0 aromatic heterocycles. The molecule has 1 fully saturated rings. The molecule has 1 aromatic rings. The first-order valence-corrected chi connectivity index (χ1v) is 5.70. The van der Waals surface area contributed by atoms with Gasteiger partial charge in [0.25, 0.3) is 0 Å². The maximum atomic E-state index is 13.0. The van der Waals surface area contributed by atoms with E-state index in [1.165, 1.54) is 12.1 Å². The van der Waals surface area contributed by atoms with Crippen LogP contribution in [0.2, 0.25) is 0 Å². The second kappa shape index (κ2) is 4.72. The van der Waals surface area contributed by atoms with Crippen molar-refractivity contribution in [2.45, 2.75) is 30.9 Å². The average molecular weight is 234 g/mol. The zero-order valence-electron chi connectivity index (χ0n) is 9.74. The van der Waals surface area contributed by atoms with Crippen LogP contribution in [0.15, 0.2) is 24.3 Å². The predicted molar refractivity (Wildman–Crippen MR) is 62.1 cm³/mol. The van der Waals surface area contributed by atoms with Gasteiger partial charge in [-0.3, -0.25) is 0 Å². The van der Waals surface area contributed by atoms with E-state index >= 15 is 0 Å². The topological polar surface area (TPSA) is 45.0 Å². The van der Waals surface area contributed by atoms with Crippen LogP contribution in [-0.4, -0.2) is 18.7 Å². The van der Waals surface area contributed by atoms with Crippen molar-refractivity contribution >= 4 is 0 Å². The van der Waals surface area contributed by atoms with Crippen molar-refractivity contribution in [3.8, 4) is 11.8 Å². The molecule has 2 rings (SSSR count). The average Bonchev–Trinajstić information content (AvgIpc) is 2.73. The van der Waals surface area contributed by atoms with E-state index in [2.05, 4.69) is 11.4 Å². The summed E-state index contributed by atoms with van der Waals surface area (Å²) in [5, 5.41) is 12.2. The molecule has 1 aromatic carbocycles. The van der Waals surface area contributed by atoms with E-state index in [0.717, 1.165) is 12.8 Å². The van der Waals surface area contributed by atoms with Gasteiger partial charge in [0.1, 0.15) is 23.2 Å². The highest BCUT2D eigenvalue weighted by atomic mass is 19.1. The van der Waals surface area contributed by atoms with Crippen molar-refractivity contribution in [2.24, 2.45) is 0 Å². The summed E-state index contributed by atoms with van der Waals surface area (Å²) in [7, 11) is 1.79. The maximum absolute atomic E-state index is 13.0. The molecule has 1 N–H and O–H groups in total. The van der Waals surface area contributed by atoms with E-state index < -0.39 is 5.54 Å². The van der Waals surface area contributed by atoms with Gasteiger partial charge in [-0.05, 0) is 32.0 Å². The zero-order valence-corrected chi connectivity index (χ0v) is 9.74. The summed E-state index contributed by atoms with van der Waals surface area (Å²) in [5.41, 5.74) is -0.488. The quantitative estimate of drug-likeness (QED) is 0.872. The van der Waals surface area contributed by atoms with E-state index in [4.69, 9.17) is 10.00 Å². The molecule has 0 amide bonds. The van der Waals surface area contributed by atoms with Crippen molar-refractivity contribution in [1.82, 2.24) is 5.32 Å². The predicted octanol–water partition coefficient (Wildman–Crippen LogP) is 2.24.